The summed E-state index contributed by atoms with van der Waals surface area (Å²) in [6.07, 6.45) is 5.15. The summed E-state index contributed by atoms with van der Waals surface area (Å²) in [6, 6.07) is 8.41. The highest BCUT2D eigenvalue weighted by atomic mass is 16.5. The third-order valence-corrected chi connectivity index (χ3v) is 4.85. The van der Waals surface area contributed by atoms with Crippen LogP contribution in [0.25, 0.3) is 0 Å². The Balaban J connectivity index is 1.82. The van der Waals surface area contributed by atoms with Crippen molar-refractivity contribution in [3.63, 3.8) is 0 Å². The molecule has 2 N–H and O–H groups in total. The van der Waals surface area contributed by atoms with Crippen LogP contribution in [0.1, 0.15) is 55.4 Å². The van der Waals surface area contributed by atoms with Gasteiger partial charge >= 0.3 is 0 Å². The number of nitrogens with zero attached hydrogens (tertiary/aromatic N) is 2. The molecule has 0 saturated heterocycles. The van der Waals surface area contributed by atoms with Crippen LogP contribution < -0.4 is 5.73 Å². The minimum absolute atomic E-state index is 0.109. The highest BCUT2D eigenvalue weighted by molar-refractivity contribution is 5.28. The van der Waals surface area contributed by atoms with Gasteiger partial charge in [0.15, 0.2) is 5.82 Å². The van der Waals surface area contributed by atoms with Crippen LogP contribution in [0.3, 0.4) is 0 Å². The fourth-order valence-electron chi connectivity index (χ4n) is 3.16. The van der Waals surface area contributed by atoms with Crippen molar-refractivity contribution in [2.24, 2.45) is 5.73 Å². The maximum absolute atomic E-state index is 6.30. The lowest BCUT2D eigenvalue weighted by atomic mass is 9.72. The summed E-state index contributed by atoms with van der Waals surface area (Å²) in [4.78, 5) is 4.63. The van der Waals surface area contributed by atoms with Crippen LogP contribution in [0.4, 0.5) is 0 Å². The van der Waals surface area contributed by atoms with Crippen molar-refractivity contribution < 1.29 is 4.52 Å². The molecule has 0 bridgehead atoms. The van der Waals surface area contributed by atoms with E-state index in [2.05, 4.69) is 36.1 Å². The van der Waals surface area contributed by atoms with Gasteiger partial charge in [0.05, 0.1) is 5.41 Å². The summed E-state index contributed by atoms with van der Waals surface area (Å²) in [5.41, 5.74) is 8.62. The van der Waals surface area contributed by atoms with Gasteiger partial charge in [-0.15, -0.1) is 0 Å². The molecule has 21 heavy (non-hydrogen) atoms. The zero-order valence-electron chi connectivity index (χ0n) is 12.8. The van der Waals surface area contributed by atoms with Gasteiger partial charge in [0, 0.05) is 12.5 Å². The van der Waals surface area contributed by atoms with Gasteiger partial charge in [0.1, 0.15) is 0 Å². The summed E-state index contributed by atoms with van der Waals surface area (Å²) < 4.78 is 5.55. The molecule has 0 radical (unpaired) electrons. The number of nitrogens with two attached hydrogens (primary N) is 1. The van der Waals surface area contributed by atoms with Gasteiger partial charge in [-0.05, 0) is 37.8 Å². The van der Waals surface area contributed by atoms with E-state index in [0.717, 1.165) is 18.7 Å². The van der Waals surface area contributed by atoms with Crippen LogP contribution in [0, 0.1) is 6.92 Å². The van der Waals surface area contributed by atoms with Gasteiger partial charge in [-0.1, -0.05) is 42.3 Å². The molecule has 1 aliphatic carbocycles. The maximum Gasteiger partial charge on any atom is 0.234 e. The predicted octanol–water partition coefficient (Wildman–Crippen LogP) is 3.13. The first-order valence-corrected chi connectivity index (χ1v) is 7.73. The molecule has 0 amide bonds. The number of benzene rings is 1. The van der Waals surface area contributed by atoms with Gasteiger partial charge in [0.2, 0.25) is 5.89 Å². The number of aromatic nitrogens is 2. The van der Waals surface area contributed by atoms with E-state index >= 15 is 0 Å². The van der Waals surface area contributed by atoms with Crippen LogP contribution in [0.15, 0.2) is 28.8 Å². The largest absolute Gasteiger partial charge is 0.339 e. The van der Waals surface area contributed by atoms with E-state index in [1.807, 2.05) is 12.1 Å². The molecule has 4 heteroatoms. The fraction of sp³-hybridized carbons (Fsp3) is 0.529. The molecule has 1 aromatic heterocycles. The normalized spacial score (nSPS) is 26.0. The van der Waals surface area contributed by atoms with E-state index in [1.165, 1.54) is 24.0 Å². The smallest absolute Gasteiger partial charge is 0.234 e. The van der Waals surface area contributed by atoms with E-state index in [-0.39, 0.29) is 11.5 Å². The number of hydrogen-bond donors (Lipinski definition) is 1. The molecule has 1 aromatic carbocycles. The zero-order chi connectivity index (χ0) is 14.9. The SMILES string of the molecule is Cc1ccccc1Cc1noc(C2(C)CCCCC2N)n1. The average Bonchev–Trinajstić information content (AvgIpc) is 2.94. The average molecular weight is 285 g/mol. The standard InChI is InChI=1S/C17H23N3O/c1-12-7-3-4-8-13(12)11-15-19-16(21-20-15)17(2)10-6-5-9-14(17)18/h3-4,7-8,14H,5-6,9-11,18H2,1-2H3. The zero-order valence-corrected chi connectivity index (χ0v) is 12.8. The molecule has 2 atom stereocenters. The van der Waals surface area contributed by atoms with Crippen molar-refractivity contribution in [1.29, 1.82) is 0 Å². The Morgan fingerprint density at radius 2 is 2.14 bits per heavy atom. The van der Waals surface area contributed by atoms with Crippen molar-refractivity contribution in [1.82, 2.24) is 10.1 Å². The first kappa shape index (κ1) is 14.3. The number of aryl methyl sites for hydroxylation is 1. The topological polar surface area (TPSA) is 64.9 Å². The highest BCUT2D eigenvalue weighted by Gasteiger charge is 2.40. The molecule has 1 aliphatic rings. The van der Waals surface area contributed by atoms with Gasteiger partial charge < -0.3 is 10.3 Å². The van der Waals surface area contributed by atoms with Gasteiger partial charge in [-0.3, -0.25) is 0 Å². The molecule has 1 heterocycles. The third kappa shape index (κ3) is 2.72. The fourth-order valence-corrected chi connectivity index (χ4v) is 3.16. The van der Waals surface area contributed by atoms with Crippen molar-refractivity contribution in [2.75, 3.05) is 0 Å². The summed E-state index contributed by atoms with van der Waals surface area (Å²) >= 11 is 0. The van der Waals surface area contributed by atoms with Crippen molar-refractivity contribution >= 4 is 0 Å². The Hall–Kier alpha value is -1.68. The van der Waals surface area contributed by atoms with Gasteiger partial charge in [-0.2, -0.15) is 4.98 Å². The van der Waals surface area contributed by atoms with Crippen LogP contribution in [-0.2, 0) is 11.8 Å². The van der Waals surface area contributed by atoms with Crippen LogP contribution in [0.2, 0.25) is 0 Å². The minimum Gasteiger partial charge on any atom is -0.339 e. The van der Waals surface area contributed by atoms with Gasteiger partial charge in [0.25, 0.3) is 0 Å². The van der Waals surface area contributed by atoms with Gasteiger partial charge in [-0.25, -0.2) is 0 Å². The maximum atomic E-state index is 6.30. The second-order valence-electron chi connectivity index (χ2n) is 6.39. The van der Waals surface area contributed by atoms with E-state index in [1.54, 1.807) is 0 Å². The Bertz CT molecular complexity index is 622. The first-order chi connectivity index (χ1) is 10.1. The van der Waals surface area contributed by atoms with Crippen LogP contribution in [0.5, 0.6) is 0 Å². The molecule has 112 valence electrons. The van der Waals surface area contributed by atoms with Crippen molar-refractivity contribution in [2.45, 2.75) is 57.4 Å². The van der Waals surface area contributed by atoms with Crippen molar-refractivity contribution in [3.8, 4) is 0 Å². The monoisotopic (exact) mass is 285 g/mol. The summed E-state index contributed by atoms with van der Waals surface area (Å²) in [6.45, 7) is 4.26. The Kier molecular flexibility index (Phi) is 3.81. The summed E-state index contributed by atoms with van der Waals surface area (Å²) in [5, 5.41) is 4.17. The molecular formula is C17H23N3O. The molecule has 0 aliphatic heterocycles. The molecule has 1 saturated carbocycles. The van der Waals surface area contributed by atoms with E-state index < -0.39 is 0 Å². The Labute approximate surface area is 125 Å². The van der Waals surface area contributed by atoms with E-state index in [0.29, 0.717) is 12.3 Å². The molecule has 0 spiro atoms. The highest BCUT2D eigenvalue weighted by Crippen LogP contribution is 2.37. The summed E-state index contributed by atoms with van der Waals surface area (Å²) in [5.74, 6) is 1.46. The molecular weight excluding hydrogens is 262 g/mol. The van der Waals surface area contributed by atoms with Crippen molar-refractivity contribution in [3.05, 3.63) is 47.1 Å². The van der Waals surface area contributed by atoms with Crippen LogP contribution in [-0.4, -0.2) is 16.2 Å². The molecule has 2 unspecified atom stereocenters. The van der Waals surface area contributed by atoms with Crippen LogP contribution >= 0.6 is 0 Å². The van der Waals surface area contributed by atoms with E-state index in [4.69, 9.17) is 10.3 Å². The second-order valence-corrected chi connectivity index (χ2v) is 6.39. The Morgan fingerprint density at radius 3 is 2.90 bits per heavy atom. The summed E-state index contributed by atoms with van der Waals surface area (Å²) in [7, 11) is 0. The minimum atomic E-state index is -0.171. The quantitative estimate of drug-likeness (QED) is 0.941. The second kappa shape index (κ2) is 5.60. The third-order valence-electron chi connectivity index (χ3n) is 4.85. The number of hydrogen-bond acceptors (Lipinski definition) is 4. The van der Waals surface area contributed by atoms with E-state index in [9.17, 15) is 0 Å². The molecule has 2 aromatic rings. The lowest BCUT2D eigenvalue weighted by Crippen LogP contribution is -2.45. The predicted molar refractivity (Wildman–Crippen MR) is 82.1 cm³/mol. The molecule has 3 rings (SSSR count). The molecule has 1 fully saturated rings. The Morgan fingerprint density at radius 1 is 1.33 bits per heavy atom. The lowest BCUT2D eigenvalue weighted by Gasteiger charge is -2.35. The first-order valence-electron chi connectivity index (χ1n) is 7.73. The lowest BCUT2D eigenvalue weighted by molar-refractivity contribution is 0.203. The molecule has 4 nitrogen and oxygen atoms in total. The number of rotatable bonds is 3.